The zero-order valence-corrected chi connectivity index (χ0v) is 17.5. The van der Waals surface area contributed by atoms with Crippen LogP contribution in [0.3, 0.4) is 0 Å². The van der Waals surface area contributed by atoms with Gasteiger partial charge in [-0.1, -0.05) is 35.6 Å². The molecule has 0 aliphatic carbocycles. The van der Waals surface area contributed by atoms with Gasteiger partial charge in [0.1, 0.15) is 5.75 Å². The van der Waals surface area contributed by atoms with Crippen LogP contribution in [0, 0.1) is 0 Å². The summed E-state index contributed by atoms with van der Waals surface area (Å²) >= 11 is 3.19. The van der Waals surface area contributed by atoms with Gasteiger partial charge in [0.25, 0.3) is 5.91 Å². The van der Waals surface area contributed by atoms with Crippen molar-refractivity contribution in [3.63, 3.8) is 0 Å². The minimum Gasteiger partial charge on any atom is -0.484 e. The molecule has 0 aliphatic rings. The summed E-state index contributed by atoms with van der Waals surface area (Å²) in [6.45, 7) is 0.330. The largest absolute Gasteiger partial charge is 0.484 e. The average Bonchev–Trinajstić information content (AvgIpc) is 3.20. The number of hydrogen-bond acceptors (Lipinski definition) is 6. The Bertz CT molecular complexity index is 1100. The lowest BCUT2D eigenvalue weighted by Crippen LogP contribution is -2.34. The number of carbonyl (C=O) groups is 1. The van der Waals surface area contributed by atoms with Crippen LogP contribution in [0.2, 0.25) is 0 Å². The number of nitrogens with zero attached hydrogens (tertiary/aromatic N) is 3. The van der Waals surface area contributed by atoms with Crippen molar-refractivity contribution in [2.75, 3.05) is 17.8 Å². The van der Waals surface area contributed by atoms with Crippen molar-refractivity contribution in [2.24, 2.45) is 0 Å². The number of para-hydroxylation sites is 1. The number of thiazole rings is 1. The molecule has 1 amide bonds. The molecule has 7 heteroatoms. The molecule has 2 aromatic carbocycles. The maximum atomic E-state index is 13.1. The highest BCUT2D eigenvalue weighted by molar-refractivity contribution is 7.98. The van der Waals surface area contributed by atoms with Crippen molar-refractivity contribution in [1.82, 2.24) is 9.97 Å². The van der Waals surface area contributed by atoms with Gasteiger partial charge in [0, 0.05) is 17.3 Å². The second-order valence-corrected chi connectivity index (χ2v) is 8.16. The molecule has 0 saturated heterocycles. The second kappa shape index (κ2) is 9.07. The summed E-state index contributed by atoms with van der Waals surface area (Å²) in [6.07, 6.45) is 5.52. The molecule has 0 unspecified atom stereocenters. The highest BCUT2D eigenvalue weighted by atomic mass is 32.2. The summed E-state index contributed by atoms with van der Waals surface area (Å²) in [6, 6.07) is 19.3. The first-order chi connectivity index (χ1) is 14.2. The van der Waals surface area contributed by atoms with Gasteiger partial charge in [-0.3, -0.25) is 14.7 Å². The van der Waals surface area contributed by atoms with Crippen molar-refractivity contribution in [2.45, 2.75) is 11.4 Å². The van der Waals surface area contributed by atoms with Crippen LogP contribution in [0.1, 0.15) is 5.56 Å². The standard InChI is InChI=1S/C22H19N3O2S2/c1-28-18-9-10-19-20(12-18)29-22(24-19)25(14-16-6-5-11-23-13-16)21(26)15-27-17-7-3-2-4-8-17/h2-13H,14-15H2,1H3. The molecular weight excluding hydrogens is 402 g/mol. The topological polar surface area (TPSA) is 55.3 Å². The van der Waals surface area contributed by atoms with Crippen LogP contribution in [-0.4, -0.2) is 28.7 Å². The fraction of sp³-hybridized carbons (Fsp3) is 0.136. The number of anilines is 1. The summed E-state index contributed by atoms with van der Waals surface area (Å²) in [4.78, 5) is 24.8. The predicted molar refractivity (Wildman–Crippen MR) is 119 cm³/mol. The molecule has 0 aliphatic heterocycles. The Morgan fingerprint density at radius 1 is 1.14 bits per heavy atom. The number of carbonyl (C=O) groups excluding carboxylic acids is 1. The summed E-state index contributed by atoms with van der Waals surface area (Å²) in [5, 5.41) is 0.656. The van der Waals surface area contributed by atoms with Crippen LogP contribution < -0.4 is 9.64 Å². The Kier molecular flexibility index (Phi) is 6.07. The van der Waals surface area contributed by atoms with E-state index < -0.39 is 0 Å². The minimum absolute atomic E-state index is 0.0593. The third-order valence-corrected chi connectivity index (χ3v) is 6.05. The smallest absolute Gasteiger partial charge is 0.267 e. The zero-order chi connectivity index (χ0) is 20.1. The van der Waals surface area contributed by atoms with Crippen LogP contribution in [0.5, 0.6) is 5.75 Å². The summed E-state index contributed by atoms with van der Waals surface area (Å²) in [5.41, 5.74) is 1.82. The molecule has 2 aromatic heterocycles. The van der Waals surface area contributed by atoms with E-state index in [0.29, 0.717) is 17.4 Å². The van der Waals surface area contributed by atoms with Crippen LogP contribution >= 0.6 is 23.1 Å². The van der Waals surface area contributed by atoms with Gasteiger partial charge in [0.15, 0.2) is 11.7 Å². The number of ether oxygens (including phenoxy) is 1. The normalized spacial score (nSPS) is 10.8. The zero-order valence-electron chi connectivity index (χ0n) is 15.8. The van der Waals surface area contributed by atoms with E-state index in [1.807, 2.05) is 60.9 Å². The summed E-state index contributed by atoms with van der Waals surface area (Å²) in [7, 11) is 0. The van der Waals surface area contributed by atoms with Crippen molar-refractivity contribution in [3.05, 3.63) is 78.6 Å². The van der Waals surface area contributed by atoms with Gasteiger partial charge in [0.2, 0.25) is 0 Å². The molecule has 2 heterocycles. The van der Waals surface area contributed by atoms with E-state index in [0.717, 1.165) is 15.8 Å². The maximum Gasteiger partial charge on any atom is 0.267 e. The lowest BCUT2D eigenvalue weighted by Gasteiger charge is -2.20. The van der Waals surface area contributed by atoms with Gasteiger partial charge in [0.05, 0.1) is 16.8 Å². The van der Waals surface area contributed by atoms with E-state index in [2.05, 4.69) is 11.1 Å². The highest BCUT2D eigenvalue weighted by Gasteiger charge is 2.21. The molecule has 0 N–H and O–H groups in total. The van der Waals surface area contributed by atoms with Crippen molar-refractivity contribution in [3.8, 4) is 5.75 Å². The first-order valence-corrected chi connectivity index (χ1v) is 11.1. The molecule has 146 valence electrons. The SMILES string of the molecule is CSc1ccc2nc(N(Cc3cccnc3)C(=O)COc3ccccc3)sc2c1. The van der Waals surface area contributed by atoms with Crippen LogP contribution in [0.4, 0.5) is 5.13 Å². The average molecular weight is 422 g/mol. The number of thioether (sulfide) groups is 1. The van der Waals surface area contributed by atoms with E-state index in [4.69, 9.17) is 9.72 Å². The van der Waals surface area contributed by atoms with Gasteiger partial charge in [-0.25, -0.2) is 4.98 Å². The van der Waals surface area contributed by atoms with Gasteiger partial charge >= 0.3 is 0 Å². The van der Waals surface area contributed by atoms with Gasteiger partial charge in [-0.05, 0) is 48.2 Å². The maximum absolute atomic E-state index is 13.1. The van der Waals surface area contributed by atoms with E-state index in [1.54, 1.807) is 29.1 Å². The predicted octanol–water partition coefficient (Wildman–Crippen LogP) is 5.03. The first-order valence-electron chi connectivity index (χ1n) is 9.04. The fourth-order valence-corrected chi connectivity index (χ4v) is 4.35. The molecule has 0 fully saturated rings. The number of hydrogen-bond donors (Lipinski definition) is 0. The lowest BCUT2D eigenvalue weighted by molar-refractivity contribution is -0.120. The van der Waals surface area contributed by atoms with Crippen LogP contribution in [-0.2, 0) is 11.3 Å². The van der Waals surface area contributed by atoms with Gasteiger partial charge in [-0.2, -0.15) is 0 Å². The monoisotopic (exact) mass is 421 g/mol. The molecule has 0 spiro atoms. The molecule has 0 saturated carbocycles. The fourth-order valence-electron chi connectivity index (χ4n) is 2.81. The third kappa shape index (κ3) is 4.75. The van der Waals surface area contributed by atoms with E-state index >= 15 is 0 Å². The highest BCUT2D eigenvalue weighted by Crippen LogP contribution is 2.32. The molecule has 4 aromatic rings. The summed E-state index contributed by atoms with van der Waals surface area (Å²) in [5.74, 6) is 0.512. The van der Waals surface area contributed by atoms with Crippen molar-refractivity contribution >= 4 is 44.4 Å². The summed E-state index contributed by atoms with van der Waals surface area (Å²) < 4.78 is 6.74. The number of fused-ring (bicyclic) bond motifs is 1. The molecule has 0 radical (unpaired) electrons. The van der Waals surface area contributed by atoms with Crippen LogP contribution in [0.15, 0.2) is 78.0 Å². The number of pyridine rings is 1. The van der Waals surface area contributed by atoms with Gasteiger partial charge in [-0.15, -0.1) is 11.8 Å². The Morgan fingerprint density at radius 3 is 2.76 bits per heavy atom. The van der Waals surface area contributed by atoms with E-state index in [9.17, 15) is 4.79 Å². The van der Waals surface area contributed by atoms with Crippen LogP contribution in [0.25, 0.3) is 10.2 Å². The lowest BCUT2D eigenvalue weighted by atomic mass is 10.2. The number of rotatable bonds is 7. The number of benzene rings is 2. The first kappa shape index (κ1) is 19.4. The second-order valence-electron chi connectivity index (χ2n) is 6.27. The Labute approximate surface area is 177 Å². The number of amides is 1. The Morgan fingerprint density at radius 2 is 2.00 bits per heavy atom. The van der Waals surface area contributed by atoms with E-state index in [1.165, 1.54) is 16.2 Å². The molecule has 0 atom stereocenters. The quantitative estimate of drug-likeness (QED) is 0.392. The molecule has 5 nitrogen and oxygen atoms in total. The minimum atomic E-state index is -0.151. The molecule has 0 bridgehead atoms. The Hall–Kier alpha value is -2.90. The molecule has 4 rings (SSSR count). The molecule has 29 heavy (non-hydrogen) atoms. The Balaban J connectivity index is 1.61. The third-order valence-electron chi connectivity index (χ3n) is 4.29. The van der Waals surface area contributed by atoms with Crippen molar-refractivity contribution < 1.29 is 9.53 Å². The number of aromatic nitrogens is 2. The van der Waals surface area contributed by atoms with Crippen molar-refractivity contribution in [1.29, 1.82) is 0 Å². The molecular formula is C22H19N3O2S2. The van der Waals surface area contributed by atoms with Gasteiger partial charge < -0.3 is 4.74 Å². The van der Waals surface area contributed by atoms with E-state index in [-0.39, 0.29) is 12.5 Å².